The van der Waals surface area contributed by atoms with Crippen molar-refractivity contribution in [1.82, 2.24) is 0 Å². The number of halogens is 1. The Morgan fingerprint density at radius 3 is 2.37 bits per heavy atom. The molecule has 0 fully saturated rings. The molecule has 0 bridgehead atoms. The van der Waals surface area contributed by atoms with Gasteiger partial charge in [0.15, 0.2) is 0 Å². The minimum absolute atomic E-state index is 0.00611. The van der Waals surface area contributed by atoms with Gasteiger partial charge in [-0.1, -0.05) is 23.7 Å². The molecule has 6 heteroatoms. The zero-order chi connectivity index (χ0) is 13.9. The Bertz CT molecular complexity index is 693. The van der Waals surface area contributed by atoms with Crippen molar-refractivity contribution in [3.8, 4) is 5.75 Å². The molecular weight excluding hydrogens is 288 g/mol. The van der Waals surface area contributed by atoms with Crippen LogP contribution in [0.5, 0.6) is 5.75 Å². The monoisotopic (exact) mass is 296 g/mol. The number of carbonyl (C=O) groups is 1. The Morgan fingerprint density at radius 1 is 1.05 bits per heavy atom. The molecule has 0 heterocycles. The molecule has 19 heavy (non-hydrogen) atoms. The third kappa shape index (κ3) is 3.33. The van der Waals surface area contributed by atoms with Crippen LogP contribution in [0.25, 0.3) is 0 Å². The van der Waals surface area contributed by atoms with Gasteiger partial charge in [-0.05, 0) is 36.4 Å². The maximum Gasteiger partial charge on any atom is 0.339 e. The van der Waals surface area contributed by atoms with Gasteiger partial charge in [0.2, 0.25) is 0 Å². The van der Waals surface area contributed by atoms with E-state index in [1.165, 1.54) is 42.5 Å². The van der Waals surface area contributed by atoms with E-state index in [4.69, 9.17) is 15.8 Å². The van der Waals surface area contributed by atoms with Crippen molar-refractivity contribution in [3.63, 3.8) is 0 Å². The highest BCUT2D eigenvalue weighted by Crippen LogP contribution is 2.20. The van der Waals surface area contributed by atoms with Gasteiger partial charge in [-0.15, -0.1) is 0 Å². The van der Waals surface area contributed by atoms with Crippen molar-refractivity contribution in [2.75, 3.05) is 0 Å². The largest absolute Gasteiger partial charge is 0.379 e. The fraction of sp³-hybridized carbons (Fsp3) is 0. The highest BCUT2D eigenvalue weighted by Gasteiger charge is 2.16. The summed E-state index contributed by atoms with van der Waals surface area (Å²) < 4.78 is 28.9. The minimum Gasteiger partial charge on any atom is -0.379 e. The number of benzene rings is 2. The first-order valence-electron chi connectivity index (χ1n) is 5.26. The number of aldehydes is 1. The summed E-state index contributed by atoms with van der Waals surface area (Å²) in [5, 5.41) is 0.432. The Labute approximate surface area is 115 Å². The number of carbonyl (C=O) groups excluding carboxylic acids is 1. The molecule has 0 saturated carbocycles. The molecule has 0 saturated heterocycles. The third-order valence-corrected chi connectivity index (χ3v) is 3.82. The predicted molar refractivity (Wildman–Crippen MR) is 71.1 cm³/mol. The first-order valence-corrected chi connectivity index (χ1v) is 7.05. The molecule has 0 aliphatic rings. The van der Waals surface area contributed by atoms with Gasteiger partial charge in [0.25, 0.3) is 0 Å². The van der Waals surface area contributed by atoms with Crippen molar-refractivity contribution in [3.05, 3.63) is 59.1 Å². The van der Waals surface area contributed by atoms with E-state index < -0.39 is 10.1 Å². The van der Waals surface area contributed by atoms with Crippen LogP contribution in [0.15, 0.2) is 53.4 Å². The zero-order valence-corrected chi connectivity index (χ0v) is 11.2. The zero-order valence-electron chi connectivity index (χ0n) is 9.62. The Kier molecular flexibility index (Phi) is 3.87. The molecule has 0 aromatic heterocycles. The van der Waals surface area contributed by atoms with E-state index in [1.807, 2.05) is 0 Å². The molecule has 0 aliphatic heterocycles. The molecule has 0 unspecified atom stereocenters. The van der Waals surface area contributed by atoms with E-state index >= 15 is 0 Å². The molecule has 0 radical (unpaired) electrons. The maximum atomic E-state index is 12.0. The van der Waals surface area contributed by atoms with Crippen LogP contribution < -0.4 is 4.18 Å². The Hall–Kier alpha value is -1.85. The minimum atomic E-state index is -3.93. The van der Waals surface area contributed by atoms with E-state index in [1.54, 1.807) is 6.07 Å². The topological polar surface area (TPSA) is 60.4 Å². The van der Waals surface area contributed by atoms with E-state index in [0.717, 1.165) is 0 Å². The lowest BCUT2D eigenvalue weighted by molar-refractivity contribution is 0.112. The quantitative estimate of drug-likeness (QED) is 0.643. The average molecular weight is 297 g/mol. The van der Waals surface area contributed by atoms with Crippen LogP contribution in [0.2, 0.25) is 5.02 Å². The molecule has 98 valence electrons. The second kappa shape index (κ2) is 5.42. The van der Waals surface area contributed by atoms with Crippen LogP contribution in [-0.2, 0) is 10.1 Å². The summed E-state index contributed by atoms with van der Waals surface area (Å²) in [6.07, 6.45) is 0.613. The Morgan fingerprint density at radius 2 is 1.74 bits per heavy atom. The lowest BCUT2D eigenvalue weighted by Gasteiger charge is -2.07. The normalized spacial score (nSPS) is 11.0. The van der Waals surface area contributed by atoms with Crippen LogP contribution >= 0.6 is 11.6 Å². The van der Waals surface area contributed by atoms with Gasteiger partial charge in [0.1, 0.15) is 16.9 Å². The number of hydrogen-bond donors (Lipinski definition) is 0. The molecule has 0 N–H and O–H groups in total. The summed E-state index contributed by atoms with van der Waals surface area (Å²) in [6, 6.07) is 11.5. The molecular formula is C13H9ClO4S. The molecule has 2 aromatic carbocycles. The molecule has 4 nitrogen and oxygen atoms in total. The van der Waals surface area contributed by atoms with Crippen molar-refractivity contribution in [1.29, 1.82) is 0 Å². The van der Waals surface area contributed by atoms with Gasteiger partial charge >= 0.3 is 10.1 Å². The SMILES string of the molecule is O=Cc1cccc(OS(=O)(=O)c2ccc(Cl)cc2)c1. The fourth-order valence-corrected chi connectivity index (χ4v) is 2.46. The van der Waals surface area contributed by atoms with Crippen LogP contribution in [0.4, 0.5) is 0 Å². The summed E-state index contributed by atoms with van der Waals surface area (Å²) in [4.78, 5) is 10.6. The van der Waals surface area contributed by atoms with Crippen molar-refractivity contribution in [2.24, 2.45) is 0 Å². The molecule has 0 amide bonds. The van der Waals surface area contributed by atoms with Gasteiger partial charge < -0.3 is 4.18 Å². The number of rotatable bonds is 4. The van der Waals surface area contributed by atoms with Gasteiger partial charge in [-0.2, -0.15) is 8.42 Å². The van der Waals surface area contributed by atoms with Crippen LogP contribution in [0, 0.1) is 0 Å². The van der Waals surface area contributed by atoms with E-state index in [0.29, 0.717) is 16.9 Å². The van der Waals surface area contributed by atoms with E-state index in [2.05, 4.69) is 0 Å². The second-order valence-corrected chi connectivity index (χ2v) is 5.66. The van der Waals surface area contributed by atoms with Crippen LogP contribution in [0.3, 0.4) is 0 Å². The molecule has 0 atom stereocenters. The summed E-state index contributed by atoms with van der Waals surface area (Å²) in [6.45, 7) is 0. The first kappa shape index (κ1) is 13.6. The van der Waals surface area contributed by atoms with E-state index in [-0.39, 0.29) is 10.6 Å². The Balaban J connectivity index is 2.30. The summed E-state index contributed by atoms with van der Waals surface area (Å²) >= 11 is 5.69. The second-order valence-electron chi connectivity index (χ2n) is 3.68. The van der Waals surface area contributed by atoms with Crippen LogP contribution in [0.1, 0.15) is 10.4 Å². The standard InChI is InChI=1S/C13H9ClO4S/c14-11-4-6-13(7-5-11)19(16,17)18-12-3-1-2-10(8-12)9-15/h1-9H. The summed E-state index contributed by atoms with van der Waals surface area (Å²) in [5.41, 5.74) is 0.337. The molecule has 0 spiro atoms. The smallest absolute Gasteiger partial charge is 0.339 e. The summed E-state index contributed by atoms with van der Waals surface area (Å²) in [7, 11) is -3.93. The van der Waals surface area contributed by atoms with Crippen LogP contribution in [-0.4, -0.2) is 14.7 Å². The first-order chi connectivity index (χ1) is 9.01. The third-order valence-electron chi connectivity index (χ3n) is 2.30. The van der Waals surface area contributed by atoms with Crippen molar-refractivity contribution in [2.45, 2.75) is 4.90 Å². The van der Waals surface area contributed by atoms with Gasteiger partial charge in [0, 0.05) is 10.6 Å². The fourth-order valence-electron chi connectivity index (χ4n) is 1.42. The maximum absolute atomic E-state index is 12.0. The van der Waals surface area contributed by atoms with Gasteiger partial charge in [0.05, 0.1) is 0 Å². The highest BCUT2D eigenvalue weighted by atomic mass is 35.5. The lowest BCUT2D eigenvalue weighted by atomic mass is 10.2. The molecule has 2 aromatic rings. The van der Waals surface area contributed by atoms with Gasteiger partial charge in [-0.25, -0.2) is 0 Å². The number of hydrogen-bond acceptors (Lipinski definition) is 4. The molecule has 2 rings (SSSR count). The summed E-state index contributed by atoms with van der Waals surface area (Å²) in [5.74, 6) is 0.0829. The van der Waals surface area contributed by atoms with Crippen molar-refractivity contribution >= 4 is 28.0 Å². The predicted octanol–water partition coefficient (Wildman–Crippen LogP) is 2.92. The van der Waals surface area contributed by atoms with Crippen molar-refractivity contribution < 1.29 is 17.4 Å². The highest BCUT2D eigenvalue weighted by molar-refractivity contribution is 7.87. The van der Waals surface area contributed by atoms with Gasteiger partial charge in [-0.3, -0.25) is 4.79 Å². The lowest BCUT2D eigenvalue weighted by Crippen LogP contribution is -2.09. The average Bonchev–Trinajstić information content (AvgIpc) is 2.39. The van der Waals surface area contributed by atoms with E-state index in [9.17, 15) is 13.2 Å². The molecule has 0 aliphatic carbocycles.